The lowest BCUT2D eigenvalue weighted by Crippen LogP contribution is -2.32. The summed E-state index contributed by atoms with van der Waals surface area (Å²) in [5.41, 5.74) is -0.687. The lowest BCUT2D eigenvalue weighted by Gasteiger charge is -2.22. The van der Waals surface area contributed by atoms with Gasteiger partial charge in [-0.1, -0.05) is 11.6 Å². The van der Waals surface area contributed by atoms with Gasteiger partial charge in [0.15, 0.2) is 0 Å². The minimum atomic E-state index is -0.687. The number of methoxy groups -OCH3 is 1. The molecule has 0 spiro atoms. The number of halogens is 2. The predicted molar refractivity (Wildman–Crippen MR) is 70.4 cm³/mol. The zero-order chi connectivity index (χ0) is 13.1. The molecule has 0 aromatic heterocycles. The largest absolute Gasteiger partial charge is 0.491 e. The van der Waals surface area contributed by atoms with E-state index in [9.17, 15) is 4.79 Å². The van der Waals surface area contributed by atoms with Crippen LogP contribution in [-0.4, -0.2) is 19.7 Å². The van der Waals surface area contributed by atoms with Crippen molar-refractivity contribution in [1.82, 2.24) is 0 Å². The maximum absolute atomic E-state index is 11.5. The van der Waals surface area contributed by atoms with Crippen LogP contribution >= 0.6 is 27.5 Å². The van der Waals surface area contributed by atoms with E-state index in [-0.39, 0.29) is 12.6 Å². The van der Waals surface area contributed by atoms with Crippen molar-refractivity contribution in [3.63, 3.8) is 0 Å². The van der Waals surface area contributed by atoms with Crippen molar-refractivity contribution in [2.75, 3.05) is 13.7 Å². The van der Waals surface area contributed by atoms with Crippen LogP contribution in [0.3, 0.4) is 0 Å². The van der Waals surface area contributed by atoms with Crippen LogP contribution in [0.4, 0.5) is 0 Å². The van der Waals surface area contributed by atoms with Crippen LogP contribution in [0.5, 0.6) is 5.75 Å². The van der Waals surface area contributed by atoms with Crippen molar-refractivity contribution in [1.29, 1.82) is 0 Å². The number of hydrogen-bond acceptors (Lipinski definition) is 3. The van der Waals surface area contributed by atoms with Crippen molar-refractivity contribution in [3.05, 3.63) is 27.7 Å². The van der Waals surface area contributed by atoms with Gasteiger partial charge in [0.25, 0.3) is 0 Å². The van der Waals surface area contributed by atoms with Crippen molar-refractivity contribution in [2.45, 2.75) is 13.8 Å². The fraction of sp³-hybridized carbons (Fsp3) is 0.417. The summed E-state index contributed by atoms with van der Waals surface area (Å²) in [6.07, 6.45) is 0. The topological polar surface area (TPSA) is 35.5 Å². The standard InChI is InChI=1S/C12H14BrClO3/c1-12(2,11(15)16-3)7-17-10-5-4-8(14)6-9(10)13/h4-6H,7H2,1-3H3. The molecule has 0 heterocycles. The van der Waals surface area contributed by atoms with E-state index in [1.165, 1.54) is 7.11 Å². The van der Waals surface area contributed by atoms with Crippen molar-refractivity contribution in [2.24, 2.45) is 5.41 Å². The second-order valence-electron chi connectivity index (χ2n) is 4.24. The van der Waals surface area contributed by atoms with Gasteiger partial charge < -0.3 is 9.47 Å². The summed E-state index contributed by atoms with van der Waals surface area (Å²) in [5, 5.41) is 0.622. The molecule has 17 heavy (non-hydrogen) atoms. The zero-order valence-electron chi connectivity index (χ0n) is 9.92. The van der Waals surface area contributed by atoms with E-state index in [0.717, 1.165) is 4.47 Å². The van der Waals surface area contributed by atoms with Gasteiger partial charge in [0.1, 0.15) is 12.4 Å². The molecule has 5 heteroatoms. The van der Waals surface area contributed by atoms with Crippen LogP contribution in [0, 0.1) is 5.41 Å². The molecular formula is C12H14BrClO3. The zero-order valence-corrected chi connectivity index (χ0v) is 12.3. The number of rotatable bonds is 4. The van der Waals surface area contributed by atoms with Gasteiger partial charge in [0, 0.05) is 5.02 Å². The Bertz CT molecular complexity index is 418. The molecule has 94 valence electrons. The molecule has 0 saturated heterocycles. The van der Waals surface area contributed by atoms with E-state index in [1.54, 1.807) is 32.0 Å². The SMILES string of the molecule is COC(=O)C(C)(C)COc1ccc(Cl)cc1Br. The summed E-state index contributed by atoms with van der Waals surface area (Å²) in [5.74, 6) is 0.342. The highest BCUT2D eigenvalue weighted by Crippen LogP contribution is 2.29. The second-order valence-corrected chi connectivity index (χ2v) is 5.53. The van der Waals surface area contributed by atoms with Gasteiger partial charge in [0.05, 0.1) is 17.0 Å². The Labute approximate surface area is 114 Å². The summed E-state index contributed by atoms with van der Waals surface area (Å²) in [7, 11) is 1.36. The minimum absolute atomic E-state index is 0.236. The van der Waals surface area contributed by atoms with E-state index in [2.05, 4.69) is 15.9 Å². The third-order valence-electron chi connectivity index (χ3n) is 2.22. The third kappa shape index (κ3) is 3.89. The summed E-state index contributed by atoms with van der Waals surface area (Å²) in [6.45, 7) is 3.77. The van der Waals surface area contributed by atoms with Gasteiger partial charge in [-0.05, 0) is 48.0 Å². The molecule has 0 aliphatic heterocycles. The number of hydrogen-bond donors (Lipinski definition) is 0. The average molecular weight is 322 g/mol. The highest BCUT2D eigenvalue weighted by molar-refractivity contribution is 9.10. The summed E-state index contributed by atoms with van der Waals surface area (Å²) >= 11 is 9.16. The molecule has 0 saturated carbocycles. The maximum atomic E-state index is 11.5. The lowest BCUT2D eigenvalue weighted by atomic mass is 9.95. The number of benzene rings is 1. The first kappa shape index (κ1) is 14.3. The van der Waals surface area contributed by atoms with Gasteiger partial charge in [-0.3, -0.25) is 4.79 Å². The Morgan fingerprint density at radius 3 is 2.65 bits per heavy atom. The monoisotopic (exact) mass is 320 g/mol. The second kappa shape index (κ2) is 5.74. The number of carbonyl (C=O) groups is 1. The Morgan fingerprint density at radius 1 is 1.47 bits per heavy atom. The quantitative estimate of drug-likeness (QED) is 0.794. The molecule has 0 atom stereocenters. The Kier molecular flexibility index (Phi) is 4.83. The van der Waals surface area contributed by atoms with Crippen LogP contribution in [0.15, 0.2) is 22.7 Å². The van der Waals surface area contributed by atoms with Crippen molar-refractivity contribution in [3.8, 4) is 5.75 Å². The molecule has 0 aliphatic rings. The Balaban J connectivity index is 2.70. The van der Waals surface area contributed by atoms with E-state index in [4.69, 9.17) is 21.1 Å². The van der Waals surface area contributed by atoms with E-state index >= 15 is 0 Å². The van der Waals surface area contributed by atoms with Crippen LogP contribution in [0.25, 0.3) is 0 Å². The number of carbonyl (C=O) groups excluding carboxylic acids is 1. The van der Waals surface area contributed by atoms with E-state index < -0.39 is 5.41 Å². The maximum Gasteiger partial charge on any atom is 0.314 e. The Morgan fingerprint density at radius 2 is 2.12 bits per heavy atom. The number of esters is 1. The fourth-order valence-corrected chi connectivity index (χ4v) is 1.98. The van der Waals surface area contributed by atoms with E-state index in [1.807, 2.05) is 0 Å². The van der Waals surface area contributed by atoms with Crippen LogP contribution < -0.4 is 4.74 Å². The summed E-state index contributed by atoms with van der Waals surface area (Å²) < 4.78 is 11.0. The molecule has 0 unspecified atom stereocenters. The van der Waals surface area contributed by atoms with Crippen molar-refractivity contribution >= 4 is 33.5 Å². The van der Waals surface area contributed by atoms with Gasteiger partial charge in [-0.15, -0.1) is 0 Å². The average Bonchev–Trinajstić information content (AvgIpc) is 2.26. The first-order valence-electron chi connectivity index (χ1n) is 5.03. The normalized spacial score (nSPS) is 11.1. The first-order chi connectivity index (χ1) is 7.86. The van der Waals surface area contributed by atoms with E-state index in [0.29, 0.717) is 10.8 Å². The third-order valence-corrected chi connectivity index (χ3v) is 3.08. The van der Waals surface area contributed by atoms with Gasteiger partial charge in [-0.2, -0.15) is 0 Å². The molecular weight excluding hydrogens is 307 g/mol. The Hall–Kier alpha value is -0.740. The predicted octanol–water partition coefficient (Wildman–Crippen LogP) is 3.68. The van der Waals surface area contributed by atoms with Crippen LogP contribution in [-0.2, 0) is 9.53 Å². The molecule has 0 fully saturated rings. The molecule has 0 N–H and O–H groups in total. The highest BCUT2D eigenvalue weighted by Gasteiger charge is 2.29. The first-order valence-corrected chi connectivity index (χ1v) is 6.20. The highest BCUT2D eigenvalue weighted by atomic mass is 79.9. The molecule has 3 nitrogen and oxygen atoms in total. The summed E-state index contributed by atoms with van der Waals surface area (Å²) in [6, 6.07) is 5.22. The molecule has 0 aliphatic carbocycles. The smallest absolute Gasteiger partial charge is 0.314 e. The van der Waals surface area contributed by atoms with Gasteiger partial charge >= 0.3 is 5.97 Å². The lowest BCUT2D eigenvalue weighted by molar-refractivity contribution is -0.152. The minimum Gasteiger partial charge on any atom is -0.491 e. The van der Waals surface area contributed by atoms with Crippen LogP contribution in [0.2, 0.25) is 5.02 Å². The van der Waals surface area contributed by atoms with Crippen LogP contribution in [0.1, 0.15) is 13.8 Å². The molecule has 0 bridgehead atoms. The number of ether oxygens (including phenoxy) is 2. The molecule has 1 aromatic rings. The summed E-state index contributed by atoms with van der Waals surface area (Å²) in [4.78, 5) is 11.5. The molecule has 0 amide bonds. The molecule has 1 aromatic carbocycles. The van der Waals surface area contributed by atoms with Crippen molar-refractivity contribution < 1.29 is 14.3 Å². The van der Waals surface area contributed by atoms with Gasteiger partial charge in [-0.25, -0.2) is 0 Å². The molecule has 1 rings (SSSR count). The molecule has 0 radical (unpaired) electrons. The van der Waals surface area contributed by atoms with Gasteiger partial charge in [0.2, 0.25) is 0 Å². The fourth-order valence-electron chi connectivity index (χ4n) is 1.19.